The van der Waals surface area contributed by atoms with Crippen LogP contribution in [0.1, 0.15) is 64.5 Å². The van der Waals surface area contributed by atoms with Crippen LogP contribution < -0.4 is 0 Å². The first-order valence-electron chi connectivity index (χ1n) is 7.02. The highest BCUT2D eigenvalue weighted by Gasteiger charge is 1.97. The van der Waals surface area contributed by atoms with E-state index in [9.17, 15) is 0 Å². The van der Waals surface area contributed by atoms with Crippen molar-refractivity contribution in [2.45, 2.75) is 71.8 Å². The molecule has 100 valence electrons. The predicted molar refractivity (Wildman–Crippen MR) is 79.1 cm³/mol. The van der Waals surface area contributed by atoms with Crippen LogP contribution in [0.15, 0.2) is 18.3 Å². The summed E-state index contributed by atoms with van der Waals surface area (Å²) in [4.78, 5) is 0. The Hall–Kier alpha value is -0.430. The second-order valence-corrected chi connectivity index (χ2v) is 4.67. The number of halogens is 1. The highest BCUT2D eigenvalue weighted by molar-refractivity contribution is 5.85. The number of rotatable bonds is 9. The molecule has 1 heterocycles. The Morgan fingerprint density at radius 2 is 1.59 bits per heavy atom. The summed E-state index contributed by atoms with van der Waals surface area (Å²) >= 11 is 0. The van der Waals surface area contributed by atoms with Gasteiger partial charge in [-0.05, 0) is 25.0 Å². The lowest BCUT2D eigenvalue weighted by Crippen LogP contribution is -2.00. The van der Waals surface area contributed by atoms with E-state index in [-0.39, 0.29) is 12.4 Å². The highest BCUT2D eigenvalue weighted by atomic mass is 35.5. The number of unbranched alkanes of at least 4 members (excludes halogenated alkanes) is 6. The third-order valence-corrected chi connectivity index (χ3v) is 3.29. The van der Waals surface area contributed by atoms with E-state index >= 15 is 0 Å². The molecule has 0 spiro atoms. The smallest absolute Gasteiger partial charge is 0.0222 e. The number of aryl methyl sites for hydroxylation is 2. The molecule has 1 aromatic rings. The summed E-state index contributed by atoms with van der Waals surface area (Å²) in [6.45, 7) is 5.72. The lowest BCUT2D eigenvalue weighted by atomic mass is 10.1. The van der Waals surface area contributed by atoms with Gasteiger partial charge in [0.1, 0.15) is 0 Å². The van der Waals surface area contributed by atoms with Gasteiger partial charge in [0, 0.05) is 18.4 Å². The van der Waals surface area contributed by atoms with Crippen molar-refractivity contribution in [3.05, 3.63) is 24.0 Å². The topological polar surface area (TPSA) is 4.93 Å². The Kier molecular flexibility index (Phi) is 10.4. The molecule has 0 saturated heterocycles. The first kappa shape index (κ1) is 16.6. The molecular formula is C15H28ClN. The minimum atomic E-state index is 0. The van der Waals surface area contributed by atoms with Crippen molar-refractivity contribution in [2.24, 2.45) is 0 Å². The molecule has 0 fully saturated rings. The molecule has 0 unspecified atom stereocenters. The lowest BCUT2D eigenvalue weighted by Gasteiger charge is -2.07. The van der Waals surface area contributed by atoms with E-state index in [1.165, 1.54) is 57.2 Å². The second kappa shape index (κ2) is 10.7. The summed E-state index contributed by atoms with van der Waals surface area (Å²) in [5, 5.41) is 0. The maximum atomic E-state index is 2.41. The number of nitrogens with zero attached hydrogens (tertiary/aromatic N) is 1. The minimum absolute atomic E-state index is 0. The standard InChI is InChI=1S/C15H27N.ClH/c1-3-5-6-7-8-9-10-13-16-14-11-12-15(16)4-2;/h11-12,14H,3-10,13H2,1-2H3;1H. The maximum Gasteiger partial charge on any atom is 0.0222 e. The van der Waals surface area contributed by atoms with Crippen molar-refractivity contribution >= 4 is 12.4 Å². The zero-order valence-electron chi connectivity index (χ0n) is 11.5. The van der Waals surface area contributed by atoms with Crippen LogP contribution in [0.5, 0.6) is 0 Å². The first-order valence-corrected chi connectivity index (χ1v) is 7.02. The van der Waals surface area contributed by atoms with Crippen molar-refractivity contribution in [2.75, 3.05) is 0 Å². The molecule has 0 atom stereocenters. The van der Waals surface area contributed by atoms with Gasteiger partial charge in [-0.1, -0.05) is 52.4 Å². The molecule has 0 aliphatic carbocycles. The molecule has 0 aliphatic rings. The Labute approximate surface area is 113 Å². The zero-order valence-corrected chi connectivity index (χ0v) is 12.3. The fourth-order valence-corrected chi connectivity index (χ4v) is 2.23. The third-order valence-electron chi connectivity index (χ3n) is 3.29. The Bertz CT molecular complexity index is 268. The van der Waals surface area contributed by atoms with Crippen LogP contribution in [-0.2, 0) is 13.0 Å². The van der Waals surface area contributed by atoms with Gasteiger partial charge in [0.05, 0.1) is 0 Å². The average molecular weight is 258 g/mol. The van der Waals surface area contributed by atoms with Crippen molar-refractivity contribution in [3.63, 3.8) is 0 Å². The van der Waals surface area contributed by atoms with Gasteiger partial charge in [0.15, 0.2) is 0 Å². The van der Waals surface area contributed by atoms with Crippen LogP contribution in [0.25, 0.3) is 0 Å². The number of hydrogen-bond acceptors (Lipinski definition) is 0. The van der Waals surface area contributed by atoms with Gasteiger partial charge >= 0.3 is 0 Å². The summed E-state index contributed by atoms with van der Waals surface area (Å²) in [7, 11) is 0. The summed E-state index contributed by atoms with van der Waals surface area (Å²) < 4.78 is 2.41. The number of hydrogen-bond donors (Lipinski definition) is 0. The minimum Gasteiger partial charge on any atom is -0.351 e. The molecule has 0 bridgehead atoms. The SMILES string of the molecule is CCCCCCCCCn1cccc1CC.Cl. The lowest BCUT2D eigenvalue weighted by molar-refractivity contribution is 0.543. The normalized spacial score (nSPS) is 10.2. The monoisotopic (exact) mass is 257 g/mol. The second-order valence-electron chi connectivity index (χ2n) is 4.67. The maximum absolute atomic E-state index is 2.41. The Morgan fingerprint density at radius 3 is 2.24 bits per heavy atom. The quantitative estimate of drug-likeness (QED) is 0.535. The van der Waals surface area contributed by atoms with Gasteiger partial charge in [-0.25, -0.2) is 0 Å². The third kappa shape index (κ3) is 6.78. The van der Waals surface area contributed by atoms with Crippen LogP contribution in [-0.4, -0.2) is 4.57 Å². The van der Waals surface area contributed by atoms with Crippen LogP contribution >= 0.6 is 12.4 Å². The Balaban J connectivity index is 0.00000256. The largest absolute Gasteiger partial charge is 0.351 e. The molecule has 0 saturated carbocycles. The predicted octanol–water partition coefficient (Wildman–Crippen LogP) is 5.22. The highest BCUT2D eigenvalue weighted by Crippen LogP contribution is 2.09. The van der Waals surface area contributed by atoms with E-state index in [0.29, 0.717) is 0 Å². The zero-order chi connectivity index (χ0) is 11.6. The van der Waals surface area contributed by atoms with E-state index in [4.69, 9.17) is 0 Å². The molecule has 0 N–H and O–H groups in total. The van der Waals surface area contributed by atoms with Crippen molar-refractivity contribution < 1.29 is 0 Å². The molecule has 1 nitrogen and oxygen atoms in total. The first-order chi connectivity index (χ1) is 7.88. The van der Waals surface area contributed by atoms with Crippen molar-refractivity contribution in [1.29, 1.82) is 0 Å². The van der Waals surface area contributed by atoms with Gasteiger partial charge in [-0.2, -0.15) is 0 Å². The van der Waals surface area contributed by atoms with E-state index in [1.54, 1.807) is 0 Å². The summed E-state index contributed by atoms with van der Waals surface area (Å²) in [6, 6.07) is 4.40. The van der Waals surface area contributed by atoms with E-state index in [0.717, 1.165) is 6.42 Å². The molecular weight excluding hydrogens is 230 g/mol. The molecule has 17 heavy (non-hydrogen) atoms. The summed E-state index contributed by atoms with van der Waals surface area (Å²) in [5.74, 6) is 0. The summed E-state index contributed by atoms with van der Waals surface area (Å²) in [5.41, 5.74) is 1.48. The number of aromatic nitrogens is 1. The molecule has 0 aromatic carbocycles. The van der Waals surface area contributed by atoms with Gasteiger partial charge in [-0.3, -0.25) is 0 Å². The van der Waals surface area contributed by atoms with Gasteiger partial charge in [0.25, 0.3) is 0 Å². The van der Waals surface area contributed by atoms with Gasteiger partial charge < -0.3 is 4.57 Å². The van der Waals surface area contributed by atoms with Crippen molar-refractivity contribution in [3.8, 4) is 0 Å². The van der Waals surface area contributed by atoms with E-state index < -0.39 is 0 Å². The molecule has 2 heteroatoms. The van der Waals surface area contributed by atoms with Crippen LogP contribution in [0.2, 0.25) is 0 Å². The Morgan fingerprint density at radius 1 is 0.941 bits per heavy atom. The van der Waals surface area contributed by atoms with Crippen LogP contribution in [0.3, 0.4) is 0 Å². The van der Waals surface area contributed by atoms with Gasteiger partial charge in [0.2, 0.25) is 0 Å². The van der Waals surface area contributed by atoms with Crippen LogP contribution in [0.4, 0.5) is 0 Å². The van der Waals surface area contributed by atoms with Crippen LogP contribution in [0, 0.1) is 0 Å². The van der Waals surface area contributed by atoms with Crippen molar-refractivity contribution in [1.82, 2.24) is 4.57 Å². The van der Waals surface area contributed by atoms with E-state index in [1.807, 2.05) is 0 Å². The van der Waals surface area contributed by atoms with E-state index in [2.05, 4.69) is 36.7 Å². The molecule has 1 aromatic heterocycles. The molecule has 0 radical (unpaired) electrons. The summed E-state index contributed by atoms with van der Waals surface area (Å²) in [6.07, 6.45) is 13.2. The fourth-order valence-electron chi connectivity index (χ4n) is 2.23. The molecule has 0 aliphatic heterocycles. The van der Waals surface area contributed by atoms with Gasteiger partial charge in [-0.15, -0.1) is 12.4 Å². The molecule has 0 amide bonds. The fraction of sp³-hybridized carbons (Fsp3) is 0.733. The average Bonchev–Trinajstić information content (AvgIpc) is 2.75. The molecule has 1 rings (SSSR count).